The Bertz CT molecular complexity index is 1290. The average Bonchev–Trinajstić information content (AvgIpc) is 3.26. The van der Waals surface area contributed by atoms with Gasteiger partial charge in [-0.1, -0.05) is 39.8 Å². The molecule has 2 aromatic heterocycles. The van der Waals surface area contributed by atoms with Crippen LogP contribution in [0.2, 0.25) is 0 Å². The molecule has 0 bridgehead atoms. The Kier molecular flexibility index (Phi) is 7.16. The lowest BCUT2D eigenvalue weighted by atomic mass is 10.1. The van der Waals surface area contributed by atoms with Gasteiger partial charge in [-0.25, -0.2) is 5.43 Å². The third kappa shape index (κ3) is 5.47. The highest BCUT2D eigenvalue weighted by Crippen LogP contribution is 2.28. The largest absolute Gasteiger partial charge is 0.507 e. The normalized spacial score (nSPS) is 11.4. The minimum Gasteiger partial charge on any atom is -0.507 e. The first-order valence-electron chi connectivity index (χ1n) is 9.89. The average molecular weight is 523 g/mol. The molecule has 4 aromatic rings. The molecule has 0 radical (unpaired) electrons. The number of halogens is 1. The summed E-state index contributed by atoms with van der Waals surface area (Å²) >= 11 is 4.70. The van der Waals surface area contributed by atoms with Gasteiger partial charge in [0.15, 0.2) is 11.0 Å². The number of rotatable bonds is 7. The first kappa shape index (κ1) is 22.7. The fourth-order valence-corrected chi connectivity index (χ4v) is 4.03. The van der Waals surface area contributed by atoms with E-state index in [2.05, 4.69) is 41.6 Å². The number of carbonyl (C=O) groups excluding carboxylic acids is 1. The van der Waals surface area contributed by atoms with Crippen LogP contribution in [-0.4, -0.2) is 42.2 Å². The fourth-order valence-electron chi connectivity index (χ4n) is 3.02. The van der Waals surface area contributed by atoms with E-state index in [-0.39, 0.29) is 17.4 Å². The summed E-state index contributed by atoms with van der Waals surface area (Å²) in [5.41, 5.74) is 5.26. The molecule has 1 amide bonds. The third-order valence-corrected chi connectivity index (χ3v) is 6.07. The second-order valence-electron chi connectivity index (χ2n) is 6.90. The summed E-state index contributed by atoms with van der Waals surface area (Å²) < 4.78 is 2.84. The Labute approximate surface area is 202 Å². The van der Waals surface area contributed by atoms with Crippen molar-refractivity contribution in [2.75, 3.05) is 5.75 Å². The smallest absolute Gasteiger partial charge is 0.250 e. The Morgan fingerprint density at radius 3 is 2.64 bits per heavy atom. The number of hydrogen-bond acceptors (Lipinski definition) is 7. The third-order valence-electron chi connectivity index (χ3n) is 4.61. The molecule has 166 valence electrons. The number of benzene rings is 2. The van der Waals surface area contributed by atoms with Crippen molar-refractivity contribution in [3.63, 3.8) is 0 Å². The van der Waals surface area contributed by atoms with Crippen LogP contribution >= 0.6 is 27.7 Å². The number of nitrogens with one attached hydrogen (secondary N) is 1. The molecule has 2 heterocycles. The topological polar surface area (TPSA) is 105 Å². The number of nitrogens with zero attached hydrogens (tertiary/aromatic N) is 5. The van der Waals surface area contributed by atoms with Gasteiger partial charge in [-0.3, -0.25) is 14.3 Å². The Morgan fingerprint density at radius 2 is 1.91 bits per heavy atom. The van der Waals surface area contributed by atoms with Crippen molar-refractivity contribution in [2.45, 2.75) is 12.1 Å². The summed E-state index contributed by atoms with van der Waals surface area (Å²) in [5, 5.41) is 23.2. The quantitative estimate of drug-likeness (QED) is 0.211. The van der Waals surface area contributed by atoms with Gasteiger partial charge in [-0.05, 0) is 55.5 Å². The number of hydrogen-bond donors (Lipinski definition) is 2. The summed E-state index contributed by atoms with van der Waals surface area (Å²) in [6, 6.07) is 18.3. The van der Waals surface area contributed by atoms with Crippen LogP contribution in [0.15, 0.2) is 87.8 Å². The highest BCUT2D eigenvalue weighted by Gasteiger charge is 2.17. The number of carbonyl (C=O) groups is 1. The summed E-state index contributed by atoms with van der Waals surface area (Å²) in [6.07, 6.45) is 3.42. The van der Waals surface area contributed by atoms with E-state index in [0.717, 1.165) is 15.7 Å². The van der Waals surface area contributed by atoms with E-state index in [1.54, 1.807) is 43.6 Å². The predicted molar refractivity (Wildman–Crippen MR) is 131 cm³/mol. The van der Waals surface area contributed by atoms with E-state index in [4.69, 9.17) is 0 Å². The highest BCUT2D eigenvalue weighted by atomic mass is 79.9. The van der Waals surface area contributed by atoms with Gasteiger partial charge in [0.1, 0.15) is 5.75 Å². The van der Waals surface area contributed by atoms with Crippen LogP contribution in [0.4, 0.5) is 0 Å². The number of aromatic hydroxyl groups is 1. The molecule has 0 fully saturated rings. The van der Waals surface area contributed by atoms with Crippen LogP contribution < -0.4 is 5.43 Å². The van der Waals surface area contributed by atoms with Gasteiger partial charge in [0.05, 0.1) is 11.5 Å². The highest BCUT2D eigenvalue weighted by molar-refractivity contribution is 9.10. The molecular formula is C23H19BrN6O2S. The fraction of sp³-hybridized carbons (Fsp3) is 0.0870. The molecule has 8 nitrogen and oxygen atoms in total. The van der Waals surface area contributed by atoms with Crippen molar-refractivity contribution in [3.05, 3.63) is 83.1 Å². The molecule has 2 aromatic carbocycles. The number of thioether (sulfide) groups is 1. The zero-order chi connectivity index (χ0) is 23.2. The van der Waals surface area contributed by atoms with Gasteiger partial charge >= 0.3 is 0 Å². The lowest BCUT2D eigenvalue weighted by Crippen LogP contribution is -2.21. The molecule has 0 saturated carbocycles. The summed E-state index contributed by atoms with van der Waals surface area (Å²) in [6.45, 7) is 1.72. The van der Waals surface area contributed by atoms with Crippen LogP contribution in [0.1, 0.15) is 12.5 Å². The molecule has 0 saturated heterocycles. The molecule has 0 aliphatic carbocycles. The summed E-state index contributed by atoms with van der Waals surface area (Å²) in [5.74, 6) is 0.511. The minimum absolute atomic E-state index is 0.0826. The number of hydrazone groups is 1. The second-order valence-corrected chi connectivity index (χ2v) is 8.76. The number of phenols is 1. The summed E-state index contributed by atoms with van der Waals surface area (Å²) in [7, 11) is 0. The number of amides is 1. The van der Waals surface area contributed by atoms with Gasteiger partial charge in [0.2, 0.25) is 0 Å². The van der Waals surface area contributed by atoms with Crippen molar-refractivity contribution < 1.29 is 9.90 Å². The lowest BCUT2D eigenvalue weighted by molar-refractivity contribution is -0.118. The Hall–Kier alpha value is -3.50. The van der Waals surface area contributed by atoms with Crippen molar-refractivity contribution >= 4 is 39.3 Å². The SMILES string of the molecule is C/C(=N\NC(=O)CSc1nnc(-c2cccnc2)n1-c1ccc(Br)cc1)c1ccccc1O. The molecule has 0 spiro atoms. The minimum atomic E-state index is -0.303. The van der Waals surface area contributed by atoms with Crippen LogP contribution in [0.25, 0.3) is 17.1 Å². The molecule has 4 rings (SSSR count). The van der Waals surface area contributed by atoms with Gasteiger partial charge < -0.3 is 5.11 Å². The van der Waals surface area contributed by atoms with E-state index >= 15 is 0 Å². The van der Waals surface area contributed by atoms with Gasteiger partial charge in [-0.2, -0.15) is 5.10 Å². The van der Waals surface area contributed by atoms with Crippen molar-refractivity contribution in [1.29, 1.82) is 0 Å². The number of phenolic OH excluding ortho intramolecular Hbond substituents is 1. The van der Waals surface area contributed by atoms with Crippen LogP contribution in [0, 0.1) is 0 Å². The van der Waals surface area contributed by atoms with Crippen LogP contribution in [-0.2, 0) is 4.79 Å². The van der Waals surface area contributed by atoms with Crippen molar-refractivity contribution in [2.24, 2.45) is 5.10 Å². The molecule has 33 heavy (non-hydrogen) atoms. The first-order chi connectivity index (χ1) is 16.0. The van der Waals surface area contributed by atoms with E-state index in [1.807, 2.05) is 41.0 Å². The first-order valence-corrected chi connectivity index (χ1v) is 11.7. The van der Waals surface area contributed by atoms with E-state index in [1.165, 1.54) is 11.8 Å². The second kappa shape index (κ2) is 10.4. The van der Waals surface area contributed by atoms with E-state index < -0.39 is 0 Å². The van der Waals surface area contributed by atoms with Crippen LogP contribution in [0.3, 0.4) is 0 Å². The van der Waals surface area contributed by atoms with Crippen LogP contribution in [0.5, 0.6) is 5.75 Å². The van der Waals surface area contributed by atoms with Crippen molar-refractivity contribution in [3.8, 4) is 22.8 Å². The molecule has 0 aliphatic rings. The molecule has 0 atom stereocenters. The molecule has 0 unspecified atom stereocenters. The van der Waals surface area contributed by atoms with E-state index in [0.29, 0.717) is 22.3 Å². The maximum atomic E-state index is 12.4. The molecule has 0 aliphatic heterocycles. The number of aromatic nitrogens is 4. The Balaban J connectivity index is 1.53. The van der Waals surface area contributed by atoms with Gasteiger partial charge in [0.25, 0.3) is 5.91 Å². The maximum Gasteiger partial charge on any atom is 0.250 e. The van der Waals surface area contributed by atoms with Gasteiger partial charge in [-0.15, -0.1) is 10.2 Å². The summed E-state index contributed by atoms with van der Waals surface area (Å²) in [4.78, 5) is 16.6. The number of para-hydroxylation sites is 1. The Morgan fingerprint density at radius 1 is 1.12 bits per heavy atom. The molecule has 2 N–H and O–H groups in total. The zero-order valence-electron chi connectivity index (χ0n) is 17.5. The molecular weight excluding hydrogens is 504 g/mol. The standard InChI is InChI=1S/C23H19BrN6O2S/c1-15(19-6-2-3-7-20(19)31)26-27-21(32)14-33-23-29-28-22(16-5-4-12-25-13-16)30(23)18-10-8-17(24)9-11-18/h2-13,31H,14H2,1H3,(H,27,32)/b26-15+. The van der Waals surface area contributed by atoms with Crippen molar-refractivity contribution in [1.82, 2.24) is 25.2 Å². The zero-order valence-corrected chi connectivity index (χ0v) is 19.9. The maximum absolute atomic E-state index is 12.4. The van der Waals surface area contributed by atoms with E-state index in [9.17, 15) is 9.90 Å². The monoisotopic (exact) mass is 522 g/mol. The lowest BCUT2D eigenvalue weighted by Gasteiger charge is -2.10. The number of pyridine rings is 1. The molecule has 10 heteroatoms. The van der Waals surface area contributed by atoms with Gasteiger partial charge in [0, 0.05) is 33.7 Å². The predicted octanol–water partition coefficient (Wildman–Crippen LogP) is 4.43.